The number of hydrogen-bond acceptors (Lipinski definition) is 6. The molecule has 1 aliphatic rings. The summed E-state index contributed by atoms with van der Waals surface area (Å²) in [6.07, 6.45) is 2.98. The van der Waals surface area contributed by atoms with Gasteiger partial charge in [0, 0.05) is 44.1 Å². The van der Waals surface area contributed by atoms with Gasteiger partial charge < -0.3 is 24.3 Å². The summed E-state index contributed by atoms with van der Waals surface area (Å²) in [5, 5.41) is 3.05. The second-order valence-corrected chi connectivity index (χ2v) is 8.17. The summed E-state index contributed by atoms with van der Waals surface area (Å²) in [5.74, 6) is -3.11. The summed E-state index contributed by atoms with van der Waals surface area (Å²) in [5.41, 5.74) is 0.500. The SMILES string of the molecule is CC=Nc1cc(OC)c(OCCOC)cc1C(=NC)NCc1cccc(C(F)(F)COC2CC2)c1F. The number of amidine groups is 1. The summed E-state index contributed by atoms with van der Waals surface area (Å²) in [4.78, 5) is 8.67. The lowest BCUT2D eigenvalue weighted by Gasteiger charge is -2.20. The first-order valence-corrected chi connectivity index (χ1v) is 11.6. The number of benzene rings is 2. The van der Waals surface area contributed by atoms with E-state index in [-0.39, 0.29) is 18.2 Å². The molecule has 1 N–H and O–H groups in total. The van der Waals surface area contributed by atoms with E-state index in [1.54, 1.807) is 39.4 Å². The Hall–Kier alpha value is -3.11. The lowest BCUT2D eigenvalue weighted by atomic mass is 10.0. The molecule has 0 atom stereocenters. The van der Waals surface area contributed by atoms with Crippen molar-refractivity contribution in [2.75, 3.05) is 41.1 Å². The largest absolute Gasteiger partial charge is 0.493 e. The second kappa shape index (κ2) is 12.7. The molecule has 36 heavy (non-hydrogen) atoms. The lowest BCUT2D eigenvalue weighted by Crippen LogP contribution is -2.27. The first-order valence-electron chi connectivity index (χ1n) is 11.6. The van der Waals surface area contributed by atoms with Crippen molar-refractivity contribution in [2.45, 2.75) is 38.3 Å². The van der Waals surface area contributed by atoms with Crippen molar-refractivity contribution in [3.63, 3.8) is 0 Å². The standard InChI is InChI=1S/C26H32F3N3O4/c1-5-31-21-14-22(34-4)23(35-12-11-33-3)13-19(21)25(30-2)32-15-17-7-6-8-20(24(17)27)26(28,29)16-36-18-9-10-18/h5-8,13-14,18H,9-12,15-16H2,1-4H3,(H,30,32). The maximum atomic E-state index is 15.1. The molecule has 0 bridgehead atoms. The van der Waals surface area contributed by atoms with Gasteiger partial charge in [0.05, 0.1) is 31.1 Å². The monoisotopic (exact) mass is 507 g/mol. The molecule has 1 aliphatic carbocycles. The number of halogens is 3. The van der Waals surface area contributed by atoms with Gasteiger partial charge in [-0.05, 0) is 31.9 Å². The zero-order chi connectivity index (χ0) is 26.1. The summed E-state index contributed by atoms with van der Waals surface area (Å²) in [6, 6.07) is 7.36. The van der Waals surface area contributed by atoms with Gasteiger partial charge in [0.1, 0.15) is 24.9 Å². The average molecular weight is 508 g/mol. The van der Waals surface area contributed by atoms with E-state index in [0.29, 0.717) is 41.8 Å². The van der Waals surface area contributed by atoms with Gasteiger partial charge in [-0.1, -0.05) is 12.1 Å². The van der Waals surface area contributed by atoms with E-state index in [1.165, 1.54) is 19.2 Å². The van der Waals surface area contributed by atoms with E-state index in [2.05, 4.69) is 15.3 Å². The van der Waals surface area contributed by atoms with Gasteiger partial charge >= 0.3 is 0 Å². The Kier molecular flexibility index (Phi) is 9.72. The Bertz CT molecular complexity index is 1090. The van der Waals surface area contributed by atoms with E-state index in [1.807, 2.05) is 0 Å². The van der Waals surface area contributed by atoms with Crippen molar-refractivity contribution in [2.24, 2.45) is 9.98 Å². The van der Waals surface area contributed by atoms with Gasteiger partial charge in [-0.3, -0.25) is 9.98 Å². The van der Waals surface area contributed by atoms with Crippen LogP contribution in [0, 0.1) is 5.82 Å². The Morgan fingerprint density at radius 3 is 2.58 bits per heavy atom. The molecule has 10 heteroatoms. The molecule has 7 nitrogen and oxygen atoms in total. The van der Waals surface area contributed by atoms with Crippen molar-refractivity contribution >= 4 is 17.7 Å². The van der Waals surface area contributed by atoms with Crippen LogP contribution in [-0.2, 0) is 21.9 Å². The van der Waals surface area contributed by atoms with Crippen LogP contribution in [0.25, 0.3) is 0 Å². The van der Waals surface area contributed by atoms with Crippen molar-refractivity contribution in [3.05, 3.63) is 52.8 Å². The highest BCUT2D eigenvalue weighted by Gasteiger charge is 2.38. The molecular weight excluding hydrogens is 475 g/mol. The molecule has 0 amide bonds. The minimum Gasteiger partial charge on any atom is -0.493 e. The predicted molar refractivity (Wildman–Crippen MR) is 133 cm³/mol. The molecule has 1 saturated carbocycles. The Labute approximate surface area is 209 Å². The average Bonchev–Trinajstić information content (AvgIpc) is 3.70. The highest BCUT2D eigenvalue weighted by atomic mass is 19.3. The summed E-state index contributed by atoms with van der Waals surface area (Å²) in [7, 11) is 4.65. The number of rotatable bonds is 13. The van der Waals surface area contributed by atoms with Gasteiger partial charge in [0.2, 0.25) is 0 Å². The summed E-state index contributed by atoms with van der Waals surface area (Å²) in [6.45, 7) is 1.53. The molecule has 0 unspecified atom stereocenters. The van der Waals surface area contributed by atoms with Gasteiger partial charge in [-0.15, -0.1) is 0 Å². The molecule has 3 rings (SSSR count). The van der Waals surface area contributed by atoms with Gasteiger partial charge in [0.15, 0.2) is 11.5 Å². The van der Waals surface area contributed by atoms with Gasteiger partial charge in [0.25, 0.3) is 5.92 Å². The van der Waals surface area contributed by atoms with E-state index in [9.17, 15) is 8.78 Å². The Morgan fingerprint density at radius 2 is 1.94 bits per heavy atom. The van der Waals surface area contributed by atoms with E-state index in [0.717, 1.165) is 18.9 Å². The minimum atomic E-state index is -3.43. The number of aliphatic imine (C=N–C) groups is 2. The second-order valence-electron chi connectivity index (χ2n) is 8.17. The van der Waals surface area contributed by atoms with Crippen LogP contribution in [0.2, 0.25) is 0 Å². The van der Waals surface area contributed by atoms with Gasteiger partial charge in [-0.2, -0.15) is 8.78 Å². The third-order valence-corrected chi connectivity index (χ3v) is 5.52. The van der Waals surface area contributed by atoms with Crippen molar-refractivity contribution in [3.8, 4) is 11.5 Å². The van der Waals surface area contributed by atoms with Crippen LogP contribution in [0.5, 0.6) is 11.5 Å². The molecule has 0 radical (unpaired) electrons. The molecule has 0 saturated heterocycles. The van der Waals surface area contributed by atoms with Crippen LogP contribution in [0.3, 0.4) is 0 Å². The normalized spacial score (nSPS) is 14.4. The molecule has 0 aliphatic heterocycles. The third-order valence-electron chi connectivity index (χ3n) is 5.52. The molecular formula is C26H32F3N3O4. The zero-order valence-corrected chi connectivity index (χ0v) is 20.9. The number of nitrogens with zero attached hydrogens (tertiary/aromatic N) is 2. The topological polar surface area (TPSA) is 73.7 Å². The highest BCUT2D eigenvalue weighted by molar-refractivity contribution is 6.04. The fraction of sp³-hybridized carbons (Fsp3) is 0.462. The minimum absolute atomic E-state index is 0.0744. The number of ether oxygens (including phenoxy) is 4. The molecule has 1 fully saturated rings. The van der Waals surface area contributed by atoms with Crippen molar-refractivity contribution in [1.82, 2.24) is 5.32 Å². The van der Waals surface area contributed by atoms with Crippen LogP contribution >= 0.6 is 0 Å². The maximum Gasteiger partial charge on any atom is 0.298 e. The zero-order valence-electron chi connectivity index (χ0n) is 20.9. The Morgan fingerprint density at radius 1 is 1.17 bits per heavy atom. The van der Waals surface area contributed by atoms with Crippen LogP contribution < -0.4 is 14.8 Å². The molecule has 0 heterocycles. The first-order chi connectivity index (χ1) is 17.3. The number of methoxy groups -OCH3 is 2. The summed E-state index contributed by atoms with van der Waals surface area (Å²) < 4.78 is 65.8. The highest BCUT2D eigenvalue weighted by Crippen LogP contribution is 2.36. The maximum absolute atomic E-state index is 15.1. The smallest absolute Gasteiger partial charge is 0.298 e. The summed E-state index contributed by atoms with van der Waals surface area (Å²) >= 11 is 0. The Balaban J connectivity index is 1.84. The van der Waals surface area contributed by atoms with Crippen LogP contribution in [0.1, 0.15) is 36.5 Å². The quantitative estimate of drug-likeness (QED) is 0.234. The number of nitrogens with one attached hydrogen (secondary N) is 1. The molecule has 0 aromatic heterocycles. The van der Waals surface area contributed by atoms with E-state index in [4.69, 9.17) is 18.9 Å². The molecule has 2 aromatic rings. The van der Waals surface area contributed by atoms with Crippen LogP contribution in [0.4, 0.5) is 18.9 Å². The van der Waals surface area contributed by atoms with E-state index >= 15 is 4.39 Å². The number of hydrogen-bond donors (Lipinski definition) is 1. The fourth-order valence-corrected chi connectivity index (χ4v) is 3.50. The fourth-order valence-electron chi connectivity index (χ4n) is 3.50. The van der Waals surface area contributed by atoms with Crippen LogP contribution in [-0.4, -0.2) is 59.2 Å². The molecule has 0 spiro atoms. The van der Waals surface area contributed by atoms with Crippen molar-refractivity contribution < 1.29 is 32.1 Å². The van der Waals surface area contributed by atoms with Gasteiger partial charge in [-0.25, -0.2) is 4.39 Å². The first kappa shape index (κ1) is 27.5. The molecule has 196 valence electrons. The predicted octanol–water partition coefficient (Wildman–Crippen LogP) is 5.02. The van der Waals surface area contributed by atoms with Crippen molar-refractivity contribution in [1.29, 1.82) is 0 Å². The lowest BCUT2D eigenvalue weighted by molar-refractivity contribution is -0.0894. The molecule has 2 aromatic carbocycles. The van der Waals surface area contributed by atoms with Crippen LogP contribution in [0.15, 0.2) is 40.3 Å². The number of alkyl halides is 2. The third kappa shape index (κ3) is 6.98. The van der Waals surface area contributed by atoms with E-state index < -0.39 is 23.9 Å².